The van der Waals surface area contributed by atoms with Crippen molar-refractivity contribution in [1.82, 2.24) is 10.3 Å². The lowest BCUT2D eigenvalue weighted by Gasteiger charge is -2.15. The summed E-state index contributed by atoms with van der Waals surface area (Å²) in [6.45, 7) is 1.63. The number of hydrogen-bond donors (Lipinski definition) is 1. The van der Waals surface area contributed by atoms with Gasteiger partial charge in [0.05, 0.1) is 6.04 Å². The van der Waals surface area contributed by atoms with Gasteiger partial charge in [-0.25, -0.2) is 13.8 Å². The van der Waals surface area contributed by atoms with Gasteiger partial charge in [-0.1, -0.05) is 6.07 Å². The fourth-order valence-corrected chi connectivity index (χ4v) is 2.12. The van der Waals surface area contributed by atoms with Crippen LogP contribution in [0.3, 0.4) is 0 Å². The molecule has 0 aliphatic rings. The monoisotopic (exact) mass is 340 g/mol. The fourth-order valence-electron chi connectivity index (χ4n) is 1.75. The SMILES string of the molecule is CC(NC(=O)c1ccnc(Br)c1)c1ccc(F)cc1F. The van der Waals surface area contributed by atoms with E-state index < -0.39 is 17.7 Å². The molecular weight excluding hydrogens is 330 g/mol. The number of amides is 1. The van der Waals surface area contributed by atoms with Crippen LogP contribution in [0.2, 0.25) is 0 Å². The summed E-state index contributed by atoms with van der Waals surface area (Å²) < 4.78 is 27.0. The van der Waals surface area contributed by atoms with E-state index in [9.17, 15) is 13.6 Å². The quantitative estimate of drug-likeness (QED) is 0.867. The predicted octanol–water partition coefficient (Wildman–Crippen LogP) is 3.61. The van der Waals surface area contributed by atoms with Gasteiger partial charge in [-0.3, -0.25) is 4.79 Å². The van der Waals surface area contributed by atoms with Crippen LogP contribution in [0.15, 0.2) is 41.1 Å². The van der Waals surface area contributed by atoms with E-state index in [1.807, 2.05) is 0 Å². The number of nitrogens with zero attached hydrogens (tertiary/aromatic N) is 1. The van der Waals surface area contributed by atoms with Gasteiger partial charge in [0.1, 0.15) is 16.2 Å². The van der Waals surface area contributed by atoms with Gasteiger partial charge in [0.2, 0.25) is 0 Å². The molecule has 1 unspecified atom stereocenters. The summed E-state index contributed by atoms with van der Waals surface area (Å²) in [5, 5.41) is 2.65. The molecule has 0 spiro atoms. The first kappa shape index (κ1) is 14.6. The molecule has 0 bridgehead atoms. The smallest absolute Gasteiger partial charge is 0.251 e. The van der Waals surface area contributed by atoms with E-state index in [1.54, 1.807) is 19.1 Å². The average molecular weight is 341 g/mol. The second-order valence-electron chi connectivity index (χ2n) is 4.23. The molecule has 0 radical (unpaired) electrons. The first-order valence-corrected chi connectivity index (χ1v) is 6.64. The Labute approximate surface area is 123 Å². The van der Waals surface area contributed by atoms with Crippen LogP contribution in [-0.2, 0) is 0 Å². The van der Waals surface area contributed by atoms with E-state index in [2.05, 4.69) is 26.2 Å². The number of carbonyl (C=O) groups is 1. The zero-order valence-electron chi connectivity index (χ0n) is 10.5. The Morgan fingerprint density at radius 2 is 2.05 bits per heavy atom. The number of benzene rings is 1. The molecule has 1 atom stereocenters. The zero-order valence-corrected chi connectivity index (χ0v) is 12.1. The molecule has 0 aliphatic heterocycles. The van der Waals surface area contributed by atoms with Gasteiger partial charge in [0.15, 0.2) is 0 Å². The highest BCUT2D eigenvalue weighted by Gasteiger charge is 2.15. The molecule has 1 amide bonds. The summed E-state index contributed by atoms with van der Waals surface area (Å²) in [6.07, 6.45) is 1.49. The van der Waals surface area contributed by atoms with Crippen molar-refractivity contribution in [3.63, 3.8) is 0 Å². The van der Waals surface area contributed by atoms with Crippen molar-refractivity contribution >= 4 is 21.8 Å². The predicted molar refractivity (Wildman–Crippen MR) is 74.2 cm³/mol. The second-order valence-corrected chi connectivity index (χ2v) is 5.04. The summed E-state index contributed by atoms with van der Waals surface area (Å²) in [4.78, 5) is 15.9. The minimum absolute atomic E-state index is 0.230. The van der Waals surface area contributed by atoms with Crippen molar-refractivity contribution in [2.24, 2.45) is 0 Å². The maximum Gasteiger partial charge on any atom is 0.251 e. The van der Waals surface area contributed by atoms with Crippen LogP contribution in [0.4, 0.5) is 8.78 Å². The van der Waals surface area contributed by atoms with Gasteiger partial charge >= 0.3 is 0 Å². The molecule has 2 aromatic rings. The largest absolute Gasteiger partial charge is 0.345 e. The topological polar surface area (TPSA) is 42.0 Å². The summed E-state index contributed by atoms with van der Waals surface area (Å²) in [5.41, 5.74) is 0.633. The third-order valence-electron chi connectivity index (χ3n) is 2.77. The van der Waals surface area contributed by atoms with Crippen LogP contribution in [0, 0.1) is 11.6 Å². The second kappa shape index (κ2) is 6.09. The number of nitrogens with one attached hydrogen (secondary N) is 1. The minimum atomic E-state index is -0.686. The maximum atomic E-state index is 13.6. The Balaban J connectivity index is 2.15. The average Bonchev–Trinajstić information content (AvgIpc) is 2.38. The van der Waals surface area contributed by atoms with Gasteiger partial charge in [0, 0.05) is 23.4 Å². The van der Waals surface area contributed by atoms with Crippen LogP contribution in [0.25, 0.3) is 0 Å². The Bertz CT molecular complexity index is 649. The summed E-state index contributed by atoms with van der Waals surface area (Å²) in [5.74, 6) is -1.69. The van der Waals surface area contributed by atoms with Crippen molar-refractivity contribution < 1.29 is 13.6 Å². The molecule has 1 N–H and O–H groups in total. The Hall–Kier alpha value is -1.82. The van der Waals surface area contributed by atoms with Crippen molar-refractivity contribution in [2.75, 3.05) is 0 Å². The molecule has 1 heterocycles. The van der Waals surface area contributed by atoms with Gasteiger partial charge in [-0.05, 0) is 41.1 Å². The van der Waals surface area contributed by atoms with Gasteiger partial charge in [0.25, 0.3) is 5.91 Å². The number of halogens is 3. The molecule has 0 aliphatic carbocycles. The highest BCUT2D eigenvalue weighted by molar-refractivity contribution is 9.10. The van der Waals surface area contributed by atoms with Crippen LogP contribution in [0.1, 0.15) is 28.9 Å². The first-order chi connectivity index (χ1) is 9.47. The number of rotatable bonds is 3. The van der Waals surface area contributed by atoms with Crippen molar-refractivity contribution in [3.8, 4) is 0 Å². The van der Waals surface area contributed by atoms with E-state index in [1.165, 1.54) is 12.3 Å². The molecule has 3 nitrogen and oxygen atoms in total. The highest BCUT2D eigenvalue weighted by Crippen LogP contribution is 2.18. The Morgan fingerprint density at radius 1 is 1.30 bits per heavy atom. The molecule has 1 aromatic heterocycles. The maximum absolute atomic E-state index is 13.6. The standard InChI is InChI=1S/C14H11BrF2N2O/c1-8(11-3-2-10(16)7-12(11)17)19-14(20)9-4-5-18-13(15)6-9/h2-8H,1H3,(H,19,20). The summed E-state index contributed by atoms with van der Waals surface area (Å²) in [7, 11) is 0. The van der Waals surface area contributed by atoms with Crippen LogP contribution in [0.5, 0.6) is 0 Å². The molecule has 0 fully saturated rings. The van der Waals surface area contributed by atoms with Crippen molar-refractivity contribution in [3.05, 3.63) is 63.9 Å². The van der Waals surface area contributed by atoms with E-state index >= 15 is 0 Å². The summed E-state index contributed by atoms with van der Waals surface area (Å²) in [6, 6.07) is 5.80. The third kappa shape index (κ3) is 3.39. The number of aromatic nitrogens is 1. The number of hydrogen-bond acceptors (Lipinski definition) is 2. The fraction of sp³-hybridized carbons (Fsp3) is 0.143. The molecule has 2 rings (SSSR count). The van der Waals surface area contributed by atoms with Gasteiger partial charge < -0.3 is 5.32 Å². The van der Waals surface area contributed by atoms with Crippen LogP contribution in [-0.4, -0.2) is 10.9 Å². The van der Waals surface area contributed by atoms with Crippen LogP contribution < -0.4 is 5.32 Å². The zero-order chi connectivity index (χ0) is 14.7. The molecule has 104 valence electrons. The van der Waals surface area contributed by atoms with Crippen molar-refractivity contribution in [1.29, 1.82) is 0 Å². The number of carbonyl (C=O) groups excluding carboxylic acids is 1. The van der Waals surface area contributed by atoms with Crippen molar-refractivity contribution in [2.45, 2.75) is 13.0 Å². The molecule has 0 saturated heterocycles. The molecular formula is C14H11BrF2N2O. The lowest BCUT2D eigenvalue weighted by Crippen LogP contribution is -2.27. The molecule has 6 heteroatoms. The first-order valence-electron chi connectivity index (χ1n) is 5.84. The van der Waals surface area contributed by atoms with E-state index in [0.717, 1.165) is 12.1 Å². The third-order valence-corrected chi connectivity index (χ3v) is 3.20. The minimum Gasteiger partial charge on any atom is -0.345 e. The van der Waals surface area contributed by atoms with E-state index in [-0.39, 0.29) is 11.5 Å². The highest BCUT2D eigenvalue weighted by atomic mass is 79.9. The molecule has 0 saturated carbocycles. The Kier molecular flexibility index (Phi) is 4.44. The molecule has 20 heavy (non-hydrogen) atoms. The van der Waals surface area contributed by atoms with E-state index in [4.69, 9.17) is 0 Å². The normalized spacial score (nSPS) is 12.0. The lowest BCUT2D eigenvalue weighted by molar-refractivity contribution is 0.0939. The van der Waals surface area contributed by atoms with Gasteiger partial charge in [-0.2, -0.15) is 0 Å². The van der Waals surface area contributed by atoms with Crippen LogP contribution >= 0.6 is 15.9 Å². The van der Waals surface area contributed by atoms with Gasteiger partial charge in [-0.15, -0.1) is 0 Å². The Morgan fingerprint density at radius 3 is 2.70 bits per heavy atom. The molecule has 1 aromatic carbocycles. The summed E-state index contributed by atoms with van der Waals surface area (Å²) >= 11 is 3.17. The van der Waals surface area contributed by atoms with E-state index in [0.29, 0.717) is 10.2 Å². The lowest BCUT2D eigenvalue weighted by atomic mass is 10.1. The number of pyridine rings is 1.